The number of aromatic nitrogens is 2. The highest BCUT2D eigenvalue weighted by molar-refractivity contribution is 9.10. The van der Waals surface area contributed by atoms with Crippen LogP contribution in [-0.2, 0) is 0 Å². The highest BCUT2D eigenvalue weighted by Gasteiger charge is 2.12. The smallest absolute Gasteiger partial charge is 0.161 e. The van der Waals surface area contributed by atoms with Crippen LogP contribution in [0.15, 0.2) is 34.8 Å². The summed E-state index contributed by atoms with van der Waals surface area (Å²) in [6.45, 7) is 2.02. The molecule has 6 heteroatoms. The molecule has 0 aliphatic carbocycles. The van der Waals surface area contributed by atoms with E-state index in [-0.39, 0.29) is 0 Å². The second-order valence-electron chi connectivity index (χ2n) is 5.50. The Hall–Kier alpha value is -2.78. The minimum Gasteiger partial charge on any atom is -0.493 e. The lowest BCUT2D eigenvalue weighted by Crippen LogP contribution is -1.92. The Balaban J connectivity index is 2.09. The van der Waals surface area contributed by atoms with Crippen LogP contribution in [0.3, 0.4) is 0 Å². The molecule has 0 atom stereocenters. The number of nitriles is 1. The first-order valence-corrected chi connectivity index (χ1v) is 8.35. The fourth-order valence-electron chi connectivity index (χ4n) is 2.54. The van der Waals surface area contributed by atoms with Crippen LogP contribution in [0, 0.1) is 18.3 Å². The van der Waals surface area contributed by atoms with Crippen molar-refractivity contribution in [1.29, 1.82) is 5.26 Å². The third-order valence-electron chi connectivity index (χ3n) is 3.82. The Morgan fingerprint density at radius 2 is 1.92 bits per heavy atom. The van der Waals surface area contributed by atoms with Crippen molar-refractivity contribution in [2.24, 2.45) is 0 Å². The van der Waals surface area contributed by atoms with Gasteiger partial charge in [-0.3, -0.25) is 0 Å². The van der Waals surface area contributed by atoms with E-state index in [1.54, 1.807) is 20.3 Å². The van der Waals surface area contributed by atoms with Gasteiger partial charge in [0, 0.05) is 4.47 Å². The Labute approximate surface area is 154 Å². The van der Waals surface area contributed by atoms with E-state index in [0.717, 1.165) is 26.6 Å². The first-order valence-electron chi connectivity index (χ1n) is 7.55. The van der Waals surface area contributed by atoms with Crippen molar-refractivity contribution in [2.75, 3.05) is 14.2 Å². The molecule has 1 N–H and O–H groups in total. The Morgan fingerprint density at radius 1 is 1.20 bits per heavy atom. The number of imidazole rings is 1. The van der Waals surface area contributed by atoms with Crippen LogP contribution in [0.2, 0.25) is 0 Å². The van der Waals surface area contributed by atoms with Gasteiger partial charge in [0.15, 0.2) is 11.5 Å². The fraction of sp³-hybridized carbons (Fsp3) is 0.158. The van der Waals surface area contributed by atoms with E-state index < -0.39 is 0 Å². The minimum absolute atomic E-state index is 0.432. The first-order chi connectivity index (χ1) is 12.0. The van der Waals surface area contributed by atoms with Crippen molar-refractivity contribution in [1.82, 2.24) is 9.97 Å². The molecule has 126 valence electrons. The molecule has 0 saturated heterocycles. The Morgan fingerprint density at radius 3 is 2.60 bits per heavy atom. The summed E-state index contributed by atoms with van der Waals surface area (Å²) in [6.07, 6.45) is 1.76. The van der Waals surface area contributed by atoms with Crippen molar-refractivity contribution in [3.8, 4) is 17.6 Å². The molecule has 0 spiro atoms. The van der Waals surface area contributed by atoms with E-state index >= 15 is 0 Å². The largest absolute Gasteiger partial charge is 0.493 e. The maximum Gasteiger partial charge on any atom is 0.161 e. The summed E-state index contributed by atoms with van der Waals surface area (Å²) in [5, 5.41) is 9.59. The zero-order chi connectivity index (χ0) is 18.0. The summed E-state index contributed by atoms with van der Waals surface area (Å²) in [7, 11) is 3.16. The molecule has 0 unspecified atom stereocenters. The zero-order valence-electron chi connectivity index (χ0n) is 14.1. The molecule has 0 radical (unpaired) electrons. The van der Waals surface area contributed by atoms with Gasteiger partial charge in [-0.2, -0.15) is 5.26 Å². The number of nitrogens with zero attached hydrogens (tertiary/aromatic N) is 2. The van der Waals surface area contributed by atoms with E-state index in [1.807, 2.05) is 37.3 Å². The van der Waals surface area contributed by atoms with Gasteiger partial charge in [0.2, 0.25) is 0 Å². The summed E-state index contributed by atoms with van der Waals surface area (Å²) < 4.78 is 11.4. The SMILES string of the molecule is COc1cc(Br)c(/C=C(\C#N)c2nc3ccc(C)cc3[nH]2)cc1OC. The zero-order valence-corrected chi connectivity index (χ0v) is 15.6. The molecule has 1 heterocycles. The normalized spacial score (nSPS) is 11.4. The maximum absolute atomic E-state index is 9.59. The monoisotopic (exact) mass is 397 g/mol. The predicted molar refractivity (Wildman–Crippen MR) is 102 cm³/mol. The van der Waals surface area contributed by atoms with E-state index in [2.05, 4.69) is 32.0 Å². The number of fused-ring (bicyclic) bond motifs is 1. The van der Waals surface area contributed by atoms with Crippen LogP contribution in [0.4, 0.5) is 0 Å². The van der Waals surface area contributed by atoms with Gasteiger partial charge >= 0.3 is 0 Å². The van der Waals surface area contributed by atoms with Crippen molar-refractivity contribution in [2.45, 2.75) is 6.92 Å². The second-order valence-corrected chi connectivity index (χ2v) is 6.36. The number of halogens is 1. The van der Waals surface area contributed by atoms with Gasteiger partial charge in [-0.1, -0.05) is 22.0 Å². The molecule has 3 aromatic rings. The number of ether oxygens (including phenoxy) is 2. The lowest BCUT2D eigenvalue weighted by Gasteiger charge is -2.10. The number of rotatable bonds is 4. The predicted octanol–water partition coefficient (Wildman–Crippen LogP) is 4.72. The van der Waals surface area contributed by atoms with Gasteiger partial charge in [0.25, 0.3) is 0 Å². The lowest BCUT2D eigenvalue weighted by molar-refractivity contribution is 0.354. The highest BCUT2D eigenvalue weighted by Crippen LogP contribution is 2.35. The van der Waals surface area contributed by atoms with Gasteiger partial charge in [-0.15, -0.1) is 0 Å². The number of hydrogen-bond acceptors (Lipinski definition) is 4. The number of aryl methyl sites for hydroxylation is 1. The average molecular weight is 398 g/mol. The molecule has 0 amide bonds. The molecule has 0 fully saturated rings. The van der Waals surface area contributed by atoms with E-state index in [9.17, 15) is 5.26 Å². The van der Waals surface area contributed by atoms with E-state index in [0.29, 0.717) is 22.9 Å². The number of nitrogens with one attached hydrogen (secondary N) is 1. The van der Waals surface area contributed by atoms with Gasteiger partial charge in [-0.25, -0.2) is 4.98 Å². The van der Waals surface area contributed by atoms with Crippen LogP contribution < -0.4 is 9.47 Å². The van der Waals surface area contributed by atoms with E-state index in [4.69, 9.17) is 9.47 Å². The maximum atomic E-state index is 9.59. The third kappa shape index (κ3) is 3.37. The lowest BCUT2D eigenvalue weighted by atomic mass is 10.1. The topological polar surface area (TPSA) is 70.9 Å². The quantitative estimate of drug-likeness (QED) is 0.646. The summed E-state index contributed by atoms with van der Waals surface area (Å²) in [4.78, 5) is 7.71. The summed E-state index contributed by atoms with van der Waals surface area (Å²) in [6, 6.07) is 11.8. The summed E-state index contributed by atoms with van der Waals surface area (Å²) in [5.74, 6) is 1.74. The number of hydrogen-bond donors (Lipinski definition) is 1. The molecule has 2 aromatic carbocycles. The molecule has 0 saturated carbocycles. The minimum atomic E-state index is 0.432. The molecule has 25 heavy (non-hydrogen) atoms. The Kier molecular flexibility index (Phi) is 4.77. The molecule has 1 aromatic heterocycles. The Bertz CT molecular complexity index is 1020. The van der Waals surface area contributed by atoms with Gasteiger partial charge < -0.3 is 14.5 Å². The van der Waals surface area contributed by atoms with Gasteiger partial charge in [-0.05, 0) is 48.4 Å². The highest BCUT2D eigenvalue weighted by atomic mass is 79.9. The van der Waals surface area contributed by atoms with Crippen LogP contribution in [-0.4, -0.2) is 24.2 Å². The molecule has 0 aliphatic heterocycles. The molecule has 0 aliphatic rings. The number of H-pyrrole nitrogens is 1. The fourth-order valence-corrected chi connectivity index (χ4v) is 2.98. The molecular formula is C19H16BrN3O2. The molecule has 3 rings (SSSR count). The van der Waals surface area contributed by atoms with E-state index in [1.165, 1.54) is 0 Å². The molecular weight excluding hydrogens is 382 g/mol. The van der Waals surface area contributed by atoms with Gasteiger partial charge in [0.1, 0.15) is 11.9 Å². The van der Waals surface area contributed by atoms with Crippen LogP contribution in [0.25, 0.3) is 22.7 Å². The van der Waals surface area contributed by atoms with Crippen LogP contribution in [0.1, 0.15) is 17.0 Å². The van der Waals surface area contributed by atoms with Crippen LogP contribution in [0.5, 0.6) is 11.5 Å². The van der Waals surface area contributed by atoms with Crippen molar-refractivity contribution >= 4 is 38.6 Å². The first kappa shape index (κ1) is 17.1. The third-order valence-corrected chi connectivity index (χ3v) is 4.50. The number of methoxy groups -OCH3 is 2. The van der Waals surface area contributed by atoms with Crippen molar-refractivity contribution < 1.29 is 9.47 Å². The van der Waals surface area contributed by atoms with Crippen LogP contribution >= 0.6 is 15.9 Å². The molecule has 0 bridgehead atoms. The van der Waals surface area contributed by atoms with Crippen molar-refractivity contribution in [3.05, 3.63) is 51.8 Å². The van der Waals surface area contributed by atoms with Crippen molar-refractivity contribution in [3.63, 3.8) is 0 Å². The van der Waals surface area contributed by atoms with Gasteiger partial charge in [0.05, 0.1) is 30.8 Å². The number of allylic oxidation sites excluding steroid dienone is 1. The number of aromatic amines is 1. The number of benzene rings is 2. The summed E-state index contributed by atoms with van der Waals surface area (Å²) >= 11 is 3.51. The standard InChI is InChI=1S/C19H16BrN3O2/c1-11-4-5-15-16(6-11)23-19(22-15)13(10-21)7-12-8-17(24-2)18(25-3)9-14(12)20/h4-9H,1-3H3,(H,22,23)/b13-7+. The molecule has 5 nitrogen and oxygen atoms in total. The summed E-state index contributed by atoms with van der Waals surface area (Å²) in [5.41, 5.74) is 4.09. The average Bonchev–Trinajstić information content (AvgIpc) is 3.03. The second kappa shape index (κ2) is 6.99.